The van der Waals surface area contributed by atoms with Crippen LogP contribution in [0.1, 0.15) is 40.7 Å². The molecule has 2 aliphatic heterocycles. The van der Waals surface area contributed by atoms with Crippen LogP contribution in [0.2, 0.25) is 0 Å². The topological polar surface area (TPSA) is 56.7 Å². The highest BCUT2D eigenvalue weighted by molar-refractivity contribution is 5.94. The number of hydrogen-bond acceptors (Lipinski definition) is 4. The fourth-order valence-corrected chi connectivity index (χ4v) is 4.56. The Morgan fingerprint density at radius 1 is 1.11 bits per heavy atom. The first-order valence-electron chi connectivity index (χ1n) is 9.79. The lowest BCUT2D eigenvalue weighted by atomic mass is 9.89. The van der Waals surface area contributed by atoms with E-state index in [2.05, 4.69) is 28.9 Å². The molecule has 142 valence electrons. The molecule has 27 heavy (non-hydrogen) atoms. The van der Waals surface area contributed by atoms with E-state index >= 15 is 0 Å². The SMILES string of the molecule is Cc1ccccc1[C@]1(O)CCN(C2CCN(C(=O)c3ccncc3)CC2)C1. The third kappa shape index (κ3) is 3.62. The molecule has 2 saturated heterocycles. The van der Waals surface area contributed by atoms with E-state index in [9.17, 15) is 9.90 Å². The highest BCUT2D eigenvalue weighted by atomic mass is 16.3. The maximum absolute atomic E-state index is 12.6. The highest BCUT2D eigenvalue weighted by Gasteiger charge is 2.41. The minimum absolute atomic E-state index is 0.0914. The van der Waals surface area contributed by atoms with E-state index in [1.54, 1.807) is 24.5 Å². The fraction of sp³-hybridized carbons (Fsp3) is 0.455. The number of nitrogens with zero attached hydrogens (tertiary/aromatic N) is 3. The molecule has 2 aromatic rings. The van der Waals surface area contributed by atoms with Gasteiger partial charge in [0.05, 0.1) is 0 Å². The Kier molecular flexibility index (Phi) is 4.98. The van der Waals surface area contributed by atoms with Gasteiger partial charge in [0.25, 0.3) is 5.91 Å². The molecule has 2 fully saturated rings. The van der Waals surface area contributed by atoms with Gasteiger partial charge in [-0.15, -0.1) is 0 Å². The third-order valence-electron chi connectivity index (χ3n) is 6.12. The molecular weight excluding hydrogens is 338 g/mol. The monoisotopic (exact) mass is 365 g/mol. The maximum Gasteiger partial charge on any atom is 0.253 e. The maximum atomic E-state index is 12.6. The van der Waals surface area contributed by atoms with Crippen molar-refractivity contribution in [2.75, 3.05) is 26.2 Å². The number of carbonyl (C=O) groups is 1. The zero-order valence-electron chi connectivity index (χ0n) is 15.8. The molecule has 0 saturated carbocycles. The average Bonchev–Trinajstić information content (AvgIpc) is 3.12. The number of β-amino-alcohol motifs (C(OH)–C–C–N with tert-alkyl or cyclic N) is 1. The van der Waals surface area contributed by atoms with Crippen molar-refractivity contribution in [2.45, 2.75) is 37.8 Å². The Labute approximate surface area is 160 Å². The number of aromatic nitrogens is 1. The molecule has 1 aromatic carbocycles. The zero-order valence-corrected chi connectivity index (χ0v) is 15.8. The zero-order chi connectivity index (χ0) is 18.9. The average molecular weight is 365 g/mol. The van der Waals surface area contributed by atoms with Crippen molar-refractivity contribution in [1.29, 1.82) is 0 Å². The highest BCUT2D eigenvalue weighted by Crippen LogP contribution is 2.36. The lowest BCUT2D eigenvalue weighted by Gasteiger charge is -2.37. The van der Waals surface area contributed by atoms with Crippen molar-refractivity contribution in [3.8, 4) is 0 Å². The first-order valence-corrected chi connectivity index (χ1v) is 9.79. The summed E-state index contributed by atoms with van der Waals surface area (Å²) in [6.07, 6.45) is 6.02. The minimum atomic E-state index is -0.755. The number of carbonyl (C=O) groups excluding carboxylic acids is 1. The third-order valence-corrected chi connectivity index (χ3v) is 6.12. The second-order valence-electron chi connectivity index (χ2n) is 7.83. The van der Waals surface area contributed by atoms with Gasteiger partial charge < -0.3 is 10.0 Å². The van der Waals surface area contributed by atoms with Crippen LogP contribution in [0.15, 0.2) is 48.8 Å². The van der Waals surface area contributed by atoms with Crippen molar-refractivity contribution in [1.82, 2.24) is 14.8 Å². The summed E-state index contributed by atoms with van der Waals surface area (Å²) in [6.45, 7) is 5.20. The van der Waals surface area contributed by atoms with Crippen LogP contribution in [0.25, 0.3) is 0 Å². The predicted molar refractivity (Wildman–Crippen MR) is 104 cm³/mol. The Morgan fingerprint density at radius 3 is 2.52 bits per heavy atom. The Bertz CT molecular complexity index is 802. The summed E-state index contributed by atoms with van der Waals surface area (Å²) in [5, 5.41) is 11.2. The fourth-order valence-electron chi connectivity index (χ4n) is 4.56. The van der Waals surface area contributed by atoms with Crippen LogP contribution >= 0.6 is 0 Å². The van der Waals surface area contributed by atoms with E-state index in [4.69, 9.17) is 0 Å². The summed E-state index contributed by atoms with van der Waals surface area (Å²) >= 11 is 0. The quantitative estimate of drug-likeness (QED) is 0.908. The molecule has 4 rings (SSSR count). The number of rotatable bonds is 3. The second-order valence-corrected chi connectivity index (χ2v) is 7.83. The van der Waals surface area contributed by atoms with Gasteiger partial charge >= 0.3 is 0 Å². The van der Waals surface area contributed by atoms with E-state index in [1.807, 2.05) is 17.0 Å². The lowest BCUT2D eigenvalue weighted by molar-refractivity contribution is 0.0316. The molecule has 1 amide bonds. The Balaban J connectivity index is 1.37. The van der Waals surface area contributed by atoms with E-state index < -0.39 is 5.60 Å². The smallest absolute Gasteiger partial charge is 0.253 e. The molecule has 5 nitrogen and oxygen atoms in total. The normalized spacial score (nSPS) is 24.3. The number of piperidine rings is 1. The Morgan fingerprint density at radius 2 is 1.81 bits per heavy atom. The van der Waals surface area contributed by atoms with Crippen molar-refractivity contribution >= 4 is 5.91 Å². The van der Waals surface area contributed by atoms with Gasteiger partial charge in [0.2, 0.25) is 0 Å². The van der Waals surface area contributed by atoms with Gasteiger partial charge in [0, 0.05) is 50.2 Å². The van der Waals surface area contributed by atoms with Crippen molar-refractivity contribution in [3.05, 3.63) is 65.5 Å². The molecule has 0 aliphatic carbocycles. The van der Waals surface area contributed by atoms with Crippen LogP contribution in [-0.4, -0.2) is 58.0 Å². The van der Waals surface area contributed by atoms with Gasteiger partial charge in [-0.3, -0.25) is 14.7 Å². The van der Waals surface area contributed by atoms with Crippen LogP contribution in [0.4, 0.5) is 0 Å². The molecule has 0 radical (unpaired) electrons. The lowest BCUT2D eigenvalue weighted by Crippen LogP contribution is -2.47. The number of aliphatic hydroxyl groups is 1. The summed E-state index contributed by atoms with van der Waals surface area (Å²) in [6, 6.07) is 12.1. The van der Waals surface area contributed by atoms with Gasteiger partial charge in [-0.1, -0.05) is 24.3 Å². The van der Waals surface area contributed by atoms with E-state index in [0.717, 1.165) is 50.0 Å². The van der Waals surface area contributed by atoms with Crippen LogP contribution in [-0.2, 0) is 5.60 Å². The second kappa shape index (κ2) is 7.41. The largest absolute Gasteiger partial charge is 0.384 e. The van der Waals surface area contributed by atoms with E-state index in [0.29, 0.717) is 18.2 Å². The first kappa shape index (κ1) is 18.1. The summed E-state index contributed by atoms with van der Waals surface area (Å²) in [4.78, 5) is 20.9. The van der Waals surface area contributed by atoms with Gasteiger partial charge in [-0.25, -0.2) is 0 Å². The Hall–Kier alpha value is -2.24. The van der Waals surface area contributed by atoms with E-state index in [1.165, 1.54) is 0 Å². The molecule has 1 aromatic heterocycles. The number of pyridine rings is 1. The van der Waals surface area contributed by atoms with Crippen LogP contribution < -0.4 is 0 Å². The van der Waals surface area contributed by atoms with Crippen molar-refractivity contribution < 1.29 is 9.90 Å². The first-order chi connectivity index (χ1) is 13.1. The van der Waals surface area contributed by atoms with Crippen LogP contribution in [0, 0.1) is 6.92 Å². The van der Waals surface area contributed by atoms with Crippen molar-refractivity contribution in [2.24, 2.45) is 0 Å². The summed E-state index contributed by atoms with van der Waals surface area (Å²) < 4.78 is 0. The molecule has 0 bridgehead atoms. The van der Waals surface area contributed by atoms with Gasteiger partial charge in [0.1, 0.15) is 5.60 Å². The molecular formula is C22H27N3O2. The molecule has 1 atom stereocenters. The van der Waals surface area contributed by atoms with E-state index in [-0.39, 0.29) is 5.91 Å². The molecule has 2 aliphatic rings. The predicted octanol–water partition coefficient (Wildman–Crippen LogP) is 2.59. The van der Waals surface area contributed by atoms with Gasteiger partial charge in [0.15, 0.2) is 0 Å². The minimum Gasteiger partial charge on any atom is -0.384 e. The molecule has 0 spiro atoms. The summed E-state index contributed by atoms with van der Waals surface area (Å²) in [5.74, 6) is 0.0914. The molecule has 3 heterocycles. The number of amides is 1. The molecule has 1 N–H and O–H groups in total. The molecule has 0 unspecified atom stereocenters. The number of likely N-dealkylation sites (tertiary alicyclic amines) is 2. The van der Waals surface area contributed by atoms with Crippen molar-refractivity contribution in [3.63, 3.8) is 0 Å². The molecule has 5 heteroatoms. The number of hydrogen-bond donors (Lipinski definition) is 1. The standard InChI is InChI=1S/C22H27N3O2/c1-17-4-2-3-5-20(17)22(27)10-15-25(16-22)19-8-13-24(14-9-19)21(26)18-6-11-23-12-7-18/h2-7,11-12,19,27H,8-10,13-16H2,1H3/t22-/m0/s1. The summed E-state index contributed by atoms with van der Waals surface area (Å²) in [7, 11) is 0. The number of aryl methyl sites for hydroxylation is 1. The summed E-state index contributed by atoms with van der Waals surface area (Å²) in [5.41, 5.74) is 2.16. The van der Waals surface area contributed by atoms with Crippen LogP contribution in [0.3, 0.4) is 0 Å². The van der Waals surface area contributed by atoms with Gasteiger partial charge in [-0.05, 0) is 49.4 Å². The number of benzene rings is 1. The van der Waals surface area contributed by atoms with Gasteiger partial charge in [-0.2, -0.15) is 0 Å². The van der Waals surface area contributed by atoms with Crippen LogP contribution in [0.5, 0.6) is 0 Å².